The Hall–Kier alpha value is -0.610. The molecular weight excluding hydrogens is 204 g/mol. The van der Waals surface area contributed by atoms with Crippen LogP contribution in [-0.2, 0) is 9.53 Å². The van der Waals surface area contributed by atoms with Crippen LogP contribution in [0.1, 0.15) is 26.7 Å². The zero-order valence-electron chi connectivity index (χ0n) is 10.7. The third-order valence-electron chi connectivity index (χ3n) is 3.35. The van der Waals surface area contributed by atoms with Gasteiger partial charge >= 0.3 is 0 Å². The minimum Gasteiger partial charge on any atom is -0.375 e. The molecule has 94 valence electrons. The second-order valence-corrected chi connectivity index (χ2v) is 4.39. The monoisotopic (exact) mass is 228 g/mol. The van der Waals surface area contributed by atoms with E-state index < -0.39 is 0 Å². The molecule has 1 amide bonds. The average molecular weight is 228 g/mol. The maximum absolute atomic E-state index is 11.7. The summed E-state index contributed by atoms with van der Waals surface area (Å²) in [5.74, 6) is 0.699. The van der Waals surface area contributed by atoms with Gasteiger partial charge in [0.15, 0.2) is 0 Å². The van der Waals surface area contributed by atoms with E-state index in [0.717, 1.165) is 32.5 Å². The van der Waals surface area contributed by atoms with Crippen LogP contribution in [0.2, 0.25) is 0 Å². The molecule has 0 spiro atoms. The van der Waals surface area contributed by atoms with Crippen LogP contribution >= 0.6 is 0 Å². The number of methoxy groups -OCH3 is 1. The molecule has 1 N–H and O–H groups in total. The van der Waals surface area contributed by atoms with Crippen molar-refractivity contribution in [3.63, 3.8) is 0 Å². The molecule has 1 aliphatic rings. The fourth-order valence-electron chi connectivity index (χ4n) is 2.42. The summed E-state index contributed by atoms with van der Waals surface area (Å²) in [6, 6.07) is 0.571. The molecule has 16 heavy (non-hydrogen) atoms. The van der Waals surface area contributed by atoms with Gasteiger partial charge in [-0.1, -0.05) is 20.3 Å². The third-order valence-corrected chi connectivity index (χ3v) is 3.35. The first-order valence-electron chi connectivity index (χ1n) is 6.23. The number of nitrogens with one attached hydrogen (secondary N) is 1. The standard InChI is InChI=1S/C12H24N2O2/c1-4-10-8-14(12(15)9-16-3)7-6-11(10)13-5-2/h10-11,13H,4-9H2,1-3H3. The van der Waals surface area contributed by atoms with Gasteiger partial charge < -0.3 is 15.0 Å². The Labute approximate surface area is 98.3 Å². The summed E-state index contributed by atoms with van der Waals surface area (Å²) in [6.45, 7) is 7.27. The van der Waals surface area contributed by atoms with Gasteiger partial charge in [-0.05, 0) is 18.9 Å². The fraction of sp³-hybridized carbons (Fsp3) is 0.917. The van der Waals surface area contributed by atoms with E-state index in [1.807, 2.05) is 4.90 Å². The van der Waals surface area contributed by atoms with Crippen molar-refractivity contribution in [3.8, 4) is 0 Å². The van der Waals surface area contributed by atoms with E-state index in [2.05, 4.69) is 19.2 Å². The highest BCUT2D eigenvalue weighted by Crippen LogP contribution is 2.20. The van der Waals surface area contributed by atoms with E-state index in [4.69, 9.17) is 4.74 Å². The Morgan fingerprint density at radius 1 is 1.50 bits per heavy atom. The predicted molar refractivity (Wildman–Crippen MR) is 64.3 cm³/mol. The summed E-state index contributed by atoms with van der Waals surface area (Å²) in [6.07, 6.45) is 2.18. The van der Waals surface area contributed by atoms with Crippen molar-refractivity contribution in [2.75, 3.05) is 33.4 Å². The number of rotatable bonds is 5. The molecule has 1 heterocycles. The second kappa shape index (κ2) is 6.86. The Bertz CT molecular complexity index is 221. The highest BCUT2D eigenvalue weighted by atomic mass is 16.5. The Balaban J connectivity index is 2.48. The number of nitrogens with zero attached hydrogens (tertiary/aromatic N) is 1. The highest BCUT2D eigenvalue weighted by Gasteiger charge is 2.29. The maximum atomic E-state index is 11.7. The van der Waals surface area contributed by atoms with Crippen LogP contribution in [0, 0.1) is 5.92 Å². The number of likely N-dealkylation sites (tertiary alicyclic amines) is 1. The molecule has 0 radical (unpaired) electrons. The number of amides is 1. The quantitative estimate of drug-likeness (QED) is 0.759. The lowest BCUT2D eigenvalue weighted by atomic mass is 9.90. The number of piperidine rings is 1. The Morgan fingerprint density at radius 3 is 2.81 bits per heavy atom. The van der Waals surface area contributed by atoms with Crippen LogP contribution in [0.3, 0.4) is 0 Å². The molecule has 0 aromatic carbocycles. The van der Waals surface area contributed by atoms with Gasteiger partial charge in [-0.25, -0.2) is 0 Å². The number of hydrogen-bond acceptors (Lipinski definition) is 3. The Morgan fingerprint density at radius 2 is 2.25 bits per heavy atom. The summed E-state index contributed by atoms with van der Waals surface area (Å²) < 4.78 is 4.89. The van der Waals surface area contributed by atoms with E-state index in [-0.39, 0.29) is 12.5 Å². The van der Waals surface area contributed by atoms with Gasteiger partial charge in [-0.15, -0.1) is 0 Å². The highest BCUT2D eigenvalue weighted by molar-refractivity contribution is 5.77. The summed E-state index contributed by atoms with van der Waals surface area (Å²) in [5, 5.41) is 3.51. The van der Waals surface area contributed by atoms with Crippen molar-refractivity contribution in [2.24, 2.45) is 5.92 Å². The molecule has 0 aliphatic carbocycles. The lowest BCUT2D eigenvalue weighted by Gasteiger charge is -2.38. The topological polar surface area (TPSA) is 41.6 Å². The van der Waals surface area contributed by atoms with Gasteiger partial charge in [0.2, 0.25) is 5.91 Å². The smallest absolute Gasteiger partial charge is 0.248 e. The van der Waals surface area contributed by atoms with E-state index in [9.17, 15) is 4.79 Å². The molecule has 1 saturated heterocycles. The summed E-state index contributed by atoms with van der Waals surface area (Å²) in [4.78, 5) is 13.6. The zero-order valence-corrected chi connectivity index (χ0v) is 10.7. The van der Waals surface area contributed by atoms with Crippen molar-refractivity contribution in [2.45, 2.75) is 32.7 Å². The van der Waals surface area contributed by atoms with Crippen molar-refractivity contribution in [1.29, 1.82) is 0 Å². The Kier molecular flexibility index (Phi) is 5.77. The van der Waals surface area contributed by atoms with E-state index in [1.165, 1.54) is 0 Å². The van der Waals surface area contributed by atoms with Gasteiger partial charge in [0, 0.05) is 26.2 Å². The number of hydrogen-bond donors (Lipinski definition) is 1. The lowest BCUT2D eigenvalue weighted by Crippen LogP contribution is -2.51. The minimum atomic E-state index is 0.121. The summed E-state index contributed by atoms with van der Waals surface area (Å²) >= 11 is 0. The fourth-order valence-corrected chi connectivity index (χ4v) is 2.42. The molecular formula is C12H24N2O2. The number of ether oxygens (including phenoxy) is 1. The first-order valence-corrected chi connectivity index (χ1v) is 6.23. The molecule has 2 atom stereocenters. The van der Waals surface area contributed by atoms with Crippen LogP contribution in [0.4, 0.5) is 0 Å². The van der Waals surface area contributed by atoms with Gasteiger partial charge in [-0.3, -0.25) is 4.79 Å². The number of carbonyl (C=O) groups excluding carboxylic acids is 1. The normalized spacial score (nSPS) is 25.8. The first kappa shape index (κ1) is 13.5. The molecule has 4 nitrogen and oxygen atoms in total. The molecule has 0 bridgehead atoms. The molecule has 4 heteroatoms. The van der Waals surface area contributed by atoms with Crippen LogP contribution < -0.4 is 5.32 Å². The van der Waals surface area contributed by atoms with E-state index in [1.54, 1.807) is 7.11 Å². The molecule has 2 unspecified atom stereocenters. The molecule has 0 aromatic rings. The van der Waals surface area contributed by atoms with Gasteiger partial charge in [-0.2, -0.15) is 0 Å². The third kappa shape index (κ3) is 3.46. The van der Waals surface area contributed by atoms with Crippen LogP contribution in [0.15, 0.2) is 0 Å². The van der Waals surface area contributed by atoms with E-state index >= 15 is 0 Å². The predicted octanol–water partition coefficient (Wildman–Crippen LogP) is 0.869. The van der Waals surface area contributed by atoms with Crippen molar-refractivity contribution < 1.29 is 9.53 Å². The van der Waals surface area contributed by atoms with Crippen molar-refractivity contribution in [3.05, 3.63) is 0 Å². The van der Waals surface area contributed by atoms with Gasteiger partial charge in [0.25, 0.3) is 0 Å². The zero-order chi connectivity index (χ0) is 12.0. The lowest BCUT2D eigenvalue weighted by molar-refractivity contribution is -0.137. The molecule has 0 saturated carbocycles. The van der Waals surface area contributed by atoms with Crippen LogP contribution in [0.25, 0.3) is 0 Å². The van der Waals surface area contributed by atoms with Crippen LogP contribution in [-0.4, -0.2) is 50.2 Å². The first-order chi connectivity index (χ1) is 7.72. The number of carbonyl (C=O) groups is 1. The van der Waals surface area contributed by atoms with Crippen molar-refractivity contribution in [1.82, 2.24) is 10.2 Å². The second-order valence-electron chi connectivity index (χ2n) is 4.39. The molecule has 1 aliphatic heterocycles. The average Bonchev–Trinajstić information content (AvgIpc) is 2.30. The van der Waals surface area contributed by atoms with Gasteiger partial charge in [0.1, 0.15) is 6.61 Å². The van der Waals surface area contributed by atoms with Crippen molar-refractivity contribution >= 4 is 5.91 Å². The summed E-state index contributed by atoms with van der Waals surface area (Å²) in [5.41, 5.74) is 0. The minimum absolute atomic E-state index is 0.121. The van der Waals surface area contributed by atoms with E-state index in [0.29, 0.717) is 12.0 Å². The SMILES string of the molecule is CCNC1CCN(C(=O)COC)CC1CC. The summed E-state index contributed by atoms with van der Waals surface area (Å²) in [7, 11) is 1.57. The molecule has 0 aromatic heterocycles. The van der Waals surface area contributed by atoms with Crippen LogP contribution in [0.5, 0.6) is 0 Å². The molecule has 1 rings (SSSR count). The maximum Gasteiger partial charge on any atom is 0.248 e. The van der Waals surface area contributed by atoms with Gasteiger partial charge in [0.05, 0.1) is 0 Å². The molecule has 1 fully saturated rings. The largest absolute Gasteiger partial charge is 0.375 e.